The summed E-state index contributed by atoms with van der Waals surface area (Å²) in [6, 6.07) is 25.4. The van der Waals surface area contributed by atoms with E-state index in [1.54, 1.807) is 14.2 Å². The van der Waals surface area contributed by atoms with Gasteiger partial charge in [0.2, 0.25) is 11.0 Å². The van der Waals surface area contributed by atoms with Crippen molar-refractivity contribution < 1.29 is 14.3 Å². The number of anilines is 1. The van der Waals surface area contributed by atoms with Crippen LogP contribution in [0.1, 0.15) is 21.4 Å². The summed E-state index contributed by atoms with van der Waals surface area (Å²) in [5.74, 6) is 1.20. The van der Waals surface area contributed by atoms with Crippen molar-refractivity contribution in [2.45, 2.75) is 16.6 Å². The van der Waals surface area contributed by atoms with Gasteiger partial charge in [0.1, 0.15) is 10.3 Å². The lowest BCUT2D eigenvalue weighted by molar-refractivity contribution is -0.115. The first-order chi connectivity index (χ1) is 16.2. The molecule has 1 aromatic heterocycles. The Morgan fingerprint density at radius 2 is 1.64 bits per heavy atom. The first-order valence-electron chi connectivity index (χ1n) is 10.3. The Morgan fingerprint density at radius 3 is 2.33 bits per heavy atom. The van der Waals surface area contributed by atoms with Crippen molar-refractivity contribution in [3.63, 3.8) is 0 Å². The van der Waals surface area contributed by atoms with Crippen LogP contribution in [0.4, 0.5) is 5.13 Å². The van der Waals surface area contributed by atoms with Gasteiger partial charge < -0.3 is 9.47 Å². The summed E-state index contributed by atoms with van der Waals surface area (Å²) in [6.45, 7) is 0. The van der Waals surface area contributed by atoms with Crippen LogP contribution in [0.5, 0.6) is 11.5 Å². The summed E-state index contributed by atoms with van der Waals surface area (Å²) in [6.07, 6.45) is 0.578. The molecule has 6 nitrogen and oxygen atoms in total. The Bertz CT molecular complexity index is 1200. The number of carbonyl (C=O) groups excluding carboxylic acids is 1. The molecular formula is C25H23N3O3S2. The highest BCUT2D eigenvalue weighted by Crippen LogP contribution is 2.36. The van der Waals surface area contributed by atoms with Gasteiger partial charge in [-0.3, -0.25) is 10.1 Å². The molecule has 1 atom stereocenters. The van der Waals surface area contributed by atoms with Crippen molar-refractivity contribution in [1.82, 2.24) is 10.2 Å². The number of hydrogen-bond donors (Lipinski definition) is 1. The Balaban J connectivity index is 1.48. The molecule has 0 saturated heterocycles. The van der Waals surface area contributed by atoms with Crippen LogP contribution in [0.3, 0.4) is 0 Å². The standard InChI is InChI=1S/C25H23N3O3S2/c1-30-20-14-13-17(15-21(20)31-2)16-22-27-28-25(33-22)26-24(29)23(18-9-5-3-6-10-18)32-19-11-7-4-8-12-19/h3-15,23H,16H2,1-2H3,(H,26,28,29)/t23-/m0/s1. The van der Waals surface area contributed by atoms with Gasteiger partial charge in [-0.05, 0) is 35.4 Å². The molecule has 0 aliphatic carbocycles. The van der Waals surface area contributed by atoms with Gasteiger partial charge in [-0.2, -0.15) is 0 Å². The highest BCUT2D eigenvalue weighted by atomic mass is 32.2. The van der Waals surface area contributed by atoms with Gasteiger partial charge >= 0.3 is 0 Å². The largest absolute Gasteiger partial charge is 0.493 e. The number of methoxy groups -OCH3 is 2. The van der Waals surface area contributed by atoms with E-state index in [1.165, 1.54) is 23.1 Å². The molecule has 0 unspecified atom stereocenters. The fourth-order valence-corrected chi connectivity index (χ4v) is 5.07. The van der Waals surface area contributed by atoms with Crippen molar-refractivity contribution >= 4 is 34.1 Å². The fourth-order valence-electron chi connectivity index (χ4n) is 3.25. The molecule has 0 fully saturated rings. The predicted octanol–water partition coefficient (Wildman–Crippen LogP) is 5.62. The molecule has 8 heteroatoms. The zero-order chi connectivity index (χ0) is 23.0. The number of hydrogen-bond acceptors (Lipinski definition) is 7. The van der Waals surface area contributed by atoms with E-state index in [9.17, 15) is 4.79 Å². The van der Waals surface area contributed by atoms with Gasteiger partial charge in [-0.15, -0.1) is 22.0 Å². The van der Waals surface area contributed by atoms with E-state index < -0.39 is 5.25 Å². The molecule has 4 rings (SSSR count). The van der Waals surface area contributed by atoms with E-state index in [0.717, 1.165) is 21.0 Å². The van der Waals surface area contributed by atoms with Crippen LogP contribution in [-0.4, -0.2) is 30.3 Å². The topological polar surface area (TPSA) is 73.3 Å². The van der Waals surface area contributed by atoms with E-state index >= 15 is 0 Å². The minimum atomic E-state index is -0.410. The monoisotopic (exact) mass is 477 g/mol. The molecule has 3 aromatic carbocycles. The average Bonchev–Trinajstić information content (AvgIpc) is 3.30. The number of benzene rings is 3. The molecule has 4 aromatic rings. The van der Waals surface area contributed by atoms with Crippen molar-refractivity contribution in [2.75, 3.05) is 19.5 Å². The van der Waals surface area contributed by atoms with Crippen LogP contribution >= 0.6 is 23.1 Å². The van der Waals surface area contributed by atoms with Crippen LogP contribution in [0.15, 0.2) is 83.8 Å². The number of ether oxygens (including phenoxy) is 2. The SMILES string of the molecule is COc1ccc(Cc2nnc(NC(=O)[C@@H](Sc3ccccc3)c3ccccc3)s2)cc1OC. The Hall–Kier alpha value is -3.36. The molecule has 0 spiro atoms. The number of rotatable bonds is 9. The third kappa shape index (κ3) is 5.91. The lowest BCUT2D eigenvalue weighted by Gasteiger charge is -2.16. The minimum absolute atomic E-state index is 0.135. The molecule has 0 saturated carbocycles. The number of thioether (sulfide) groups is 1. The van der Waals surface area contributed by atoms with E-state index in [0.29, 0.717) is 23.1 Å². The maximum Gasteiger partial charge on any atom is 0.244 e. The summed E-state index contributed by atoms with van der Waals surface area (Å²) in [5, 5.41) is 12.2. The zero-order valence-electron chi connectivity index (χ0n) is 18.2. The smallest absolute Gasteiger partial charge is 0.244 e. The van der Waals surface area contributed by atoms with Crippen LogP contribution in [-0.2, 0) is 11.2 Å². The van der Waals surface area contributed by atoms with Crippen molar-refractivity contribution in [1.29, 1.82) is 0 Å². The first kappa shape index (κ1) is 22.8. The highest BCUT2D eigenvalue weighted by molar-refractivity contribution is 8.00. The van der Waals surface area contributed by atoms with Crippen LogP contribution in [0.25, 0.3) is 0 Å². The van der Waals surface area contributed by atoms with E-state index in [4.69, 9.17) is 9.47 Å². The van der Waals surface area contributed by atoms with Crippen molar-refractivity contribution in [3.8, 4) is 11.5 Å². The van der Waals surface area contributed by atoms with E-state index in [-0.39, 0.29) is 5.91 Å². The Labute approximate surface area is 201 Å². The van der Waals surface area contributed by atoms with Crippen LogP contribution in [0.2, 0.25) is 0 Å². The molecule has 0 bridgehead atoms. The van der Waals surface area contributed by atoms with Gasteiger partial charge in [-0.25, -0.2) is 0 Å². The number of nitrogens with zero attached hydrogens (tertiary/aromatic N) is 2. The molecule has 0 radical (unpaired) electrons. The fraction of sp³-hybridized carbons (Fsp3) is 0.160. The van der Waals surface area contributed by atoms with Gasteiger partial charge in [0, 0.05) is 11.3 Å². The van der Waals surface area contributed by atoms with E-state index in [2.05, 4.69) is 15.5 Å². The summed E-state index contributed by atoms with van der Waals surface area (Å²) in [4.78, 5) is 14.2. The van der Waals surface area contributed by atoms with Gasteiger partial charge in [0.15, 0.2) is 11.5 Å². The summed E-state index contributed by atoms with van der Waals surface area (Å²) >= 11 is 2.87. The lowest BCUT2D eigenvalue weighted by Crippen LogP contribution is -2.18. The molecule has 33 heavy (non-hydrogen) atoms. The normalized spacial score (nSPS) is 11.6. The molecule has 0 aliphatic heterocycles. The molecular weight excluding hydrogens is 454 g/mol. The van der Waals surface area contributed by atoms with Crippen molar-refractivity contribution in [2.24, 2.45) is 0 Å². The number of amides is 1. The molecule has 168 valence electrons. The first-order valence-corrected chi connectivity index (χ1v) is 12.0. The van der Waals surface area contributed by atoms with Crippen molar-refractivity contribution in [3.05, 3.63) is 95.0 Å². The third-order valence-electron chi connectivity index (χ3n) is 4.84. The third-order valence-corrected chi connectivity index (χ3v) is 6.94. The Kier molecular flexibility index (Phi) is 7.59. The number of nitrogens with one attached hydrogen (secondary N) is 1. The van der Waals surface area contributed by atoms with Crippen LogP contribution < -0.4 is 14.8 Å². The van der Waals surface area contributed by atoms with Gasteiger partial charge in [-0.1, -0.05) is 65.9 Å². The van der Waals surface area contributed by atoms with Gasteiger partial charge in [0.25, 0.3) is 0 Å². The summed E-state index contributed by atoms with van der Waals surface area (Å²) in [5.41, 5.74) is 1.95. The second-order valence-electron chi connectivity index (χ2n) is 7.08. The highest BCUT2D eigenvalue weighted by Gasteiger charge is 2.23. The molecule has 1 N–H and O–H groups in total. The minimum Gasteiger partial charge on any atom is -0.493 e. The summed E-state index contributed by atoms with van der Waals surface area (Å²) < 4.78 is 10.7. The van der Waals surface area contributed by atoms with E-state index in [1.807, 2.05) is 78.9 Å². The van der Waals surface area contributed by atoms with Crippen LogP contribution in [0, 0.1) is 0 Å². The molecule has 0 aliphatic rings. The number of carbonyl (C=O) groups is 1. The lowest BCUT2D eigenvalue weighted by atomic mass is 10.1. The molecule has 1 amide bonds. The quantitative estimate of drug-likeness (QED) is 0.316. The molecule has 1 heterocycles. The Morgan fingerprint density at radius 1 is 0.939 bits per heavy atom. The second kappa shape index (κ2) is 11.0. The summed E-state index contributed by atoms with van der Waals surface area (Å²) in [7, 11) is 3.22. The maximum absolute atomic E-state index is 13.2. The number of aromatic nitrogens is 2. The van der Waals surface area contributed by atoms with Gasteiger partial charge in [0.05, 0.1) is 14.2 Å². The average molecular weight is 478 g/mol. The maximum atomic E-state index is 13.2. The predicted molar refractivity (Wildman–Crippen MR) is 132 cm³/mol. The zero-order valence-corrected chi connectivity index (χ0v) is 19.9. The second-order valence-corrected chi connectivity index (χ2v) is 9.32.